The molecule has 58 heteroatoms. The summed E-state index contributed by atoms with van der Waals surface area (Å²) in [5.74, 6) is -5.95. The number of ketones is 4. The first kappa shape index (κ1) is 142. The number of rotatable bonds is 83. The average molecular weight is 2090 g/mol. The summed E-state index contributed by atoms with van der Waals surface area (Å²) in [6, 6.07) is 0. The SMILES string of the molecule is CCC(=O)CN(CCN(CCN(CC(=O)NC)CC(=O)NCN(C)C)CC(=O)NCN(C)C)CC(=O)NCN(C)C.CCC(=O)CN(CCN(CCN(CC(=O)NC)CC(=O)NCN(C)C)CC(=O)O)CC(=O)NCN(C)C.CCC(=O)CN(CCN(CCN(CC(=O)NC)CC(=O)NCN)CC(=O)NCN)CC(=O)NCN.CCC(=O)CN(CCN(CCN(CC(=O)NC)CC(=O)NCN)CC(=O)O)CC(=O)NCN. The second-order valence-corrected chi connectivity index (χ2v) is 35.0. The molecule has 0 spiro atoms. The van der Waals surface area contributed by atoms with Crippen LogP contribution < -0.4 is 103 Å². The van der Waals surface area contributed by atoms with Crippen LogP contribution in [-0.4, -0.2) is 612 Å². The molecule has 0 bridgehead atoms. The van der Waals surface area contributed by atoms with E-state index in [4.69, 9.17) is 28.7 Å². The molecule has 0 saturated carbocycles. The van der Waals surface area contributed by atoms with Crippen molar-refractivity contribution in [3.05, 3.63) is 0 Å². The van der Waals surface area contributed by atoms with Gasteiger partial charge in [0.1, 0.15) is 23.1 Å². The van der Waals surface area contributed by atoms with Crippen LogP contribution in [0.15, 0.2) is 0 Å². The van der Waals surface area contributed by atoms with Crippen molar-refractivity contribution in [3.8, 4) is 0 Å². The Morgan fingerprint density at radius 2 is 0.295 bits per heavy atom. The van der Waals surface area contributed by atoms with E-state index in [0.29, 0.717) is 118 Å². The number of carbonyl (C=O) groups is 20. The van der Waals surface area contributed by atoms with E-state index in [0.717, 1.165) is 0 Å². The average Bonchev–Trinajstić information content (AvgIpc) is 0.891. The second-order valence-electron chi connectivity index (χ2n) is 35.0. The smallest absolute Gasteiger partial charge is 0.317 e. The van der Waals surface area contributed by atoms with Gasteiger partial charge in [0.15, 0.2) is 0 Å². The third-order valence-corrected chi connectivity index (χ3v) is 20.5. The zero-order valence-corrected chi connectivity index (χ0v) is 89.9. The van der Waals surface area contributed by atoms with Crippen LogP contribution in [0.2, 0.25) is 0 Å². The van der Waals surface area contributed by atoms with Crippen LogP contribution in [0.3, 0.4) is 0 Å². The largest absolute Gasteiger partial charge is 0.480 e. The second kappa shape index (κ2) is 88.4. The Morgan fingerprint density at radius 3 is 0.418 bits per heavy atom. The maximum Gasteiger partial charge on any atom is 0.317 e. The van der Waals surface area contributed by atoms with Crippen molar-refractivity contribution in [2.45, 2.75) is 53.4 Å². The van der Waals surface area contributed by atoms with Crippen molar-refractivity contribution in [2.75, 3.05) is 401 Å². The molecule has 0 radical (unpaired) electrons. The highest BCUT2D eigenvalue weighted by Crippen LogP contribution is 2.06. The summed E-state index contributed by atoms with van der Waals surface area (Å²) in [5.41, 5.74) is 26.7. The summed E-state index contributed by atoms with van der Waals surface area (Å²) < 4.78 is 0. The monoisotopic (exact) mass is 2090 g/mol. The minimum atomic E-state index is -1.05. The van der Waals surface area contributed by atoms with Crippen molar-refractivity contribution in [3.63, 3.8) is 0 Å². The highest BCUT2D eigenvalue weighted by Gasteiger charge is 2.27. The van der Waals surface area contributed by atoms with Gasteiger partial charge in [-0.25, -0.2) is 0 Å². The van der Waals surface area contributed by atoms with Crippen LogP contribution in [0.4, 0.5) is 0 Å². The number of carboxylic acid groups (broad SMARTS) is 2. The first-order valence-corrected chi connectivity index (χ1v) is 48.4. The number of hydrogen-bond acceptors (Lipinski definition) is 42. The quantitative estimate of drug-likeness (QED) is 0.0251. The van der Waals surface area contributed by atoms with Gasteiger partial charge >= 0.3 is 11.9 Å². The summed E-state index contributed by atoms with van der Waals surface area (Å²) in [6.45, 7) is 13.3. The number of hydrogen-bond donors (Lipinski definition) is 21. The number of Topliss-reactive ketones (excluding diaryl/α,β-unsaturated/α-hetero) is 4. The van der Waals surface area contributed by atoms with E-state index in [1.54, 1.807) is 91.4 Å². The molecule has 0 aliphatic rings. The third kappa shape index (κ3) is 85.4. The number of nitrogens with one attached hydrogen (secondary N) is 14. The van der Waals surface area contributed by atoms with Crippen molar-refractivity contribution < 1.29 is 106 Å². The van der Waals surface area contributed by atoms with Gasteiger partial charge < -0.3 is 113 Å². The Balaban J connectivity index is -0.000000924. The number of nitrogens with two attached hydrogens (primary N) is 5. The van der Waals surface area contributed by atoms with E-state index in [-0.39, 0.29) is 316 Å². The molecule has 0 atom stereocenters. The Hall–Kier alpha value is -10.7. The van der Waals surface area contributed by atoms with Gasteiger partial charge in [-0.3, -0.25) is 179 Å². The maximum absolute atomic E-state index is 12.7. The van der Waals surface area contributed by atoms with Gasteiger partial charge in [-0.05, 0) is 70.5 Å². The fourth-order valence-electron chi connectivity index (χ4n) is 12.4. The molecule has 0 fully saturated rings. The van der Waals surface area contributed by atoms with E-state index in [1.807, 2.05) is 90.1 Å². The molecule has 0 heterocycles. The lowest BCUT2D eigenvalue weighted by atomic mass is 10.2. The van der Waals surface area contributed by atoms with Crippen molar-refractivity contribution in [1.82, 2.24) is 158 Å². The van der Waals surface area contributed by atoms with Gasteiger partial charge in [0, 0.05) is 159 Å². The van der Waals surface area contributed by atoms with E-state index < -0.39 is 11.9 Å². The number of carboxylic acids is 2. The molecule has 58 nitrogen and oxygen atoms in total. The fraction of sp³-hybridized carbons (Fsp3) is 0.773. The minimum Gasteiger partial charge on any atom is -0.480 e. The van der Waals surface area contributed by atoms with Crippen molar-refractivity contribution in [1.29, 1.82) is 0 Å². The van der Waals surface area contributed by atoms with Gasteiger partial charge in [-0.2, -0.15) is 0 Å². The molecule has 0 aliphatic heterocycles. The van der Waals surface area contributed by atoms with Gasteiger partial charge in [-0.1, -0.05) is 27.7 Å². The lowest BCUT2D eigenvalue weighted by Gasteiger charge is -2.29. The van der Waals surface area contributed by atoms with Crippen LogP contribution in [0, 0.1) is 0 Å². The Bertz CT molecular complexity index is 3610. The summed E-state index contributed by atoms with van der Waals surface area (Å²) in [4.78, 5) is 270. The maximum atomic E-state index is 12.7. The highest BCUT2D eigenvalue weighted by atomic mass is 16.4. The molecule has 0 rings (SSSR count). The van der Waals surface area contributed by atoms with Crippen LogP contribution in [0.5, 0.6) is 0 Å². The predicted octanol–water partition coefficient (Wildman–Crippen LogP) is -16.0. The van der Waals surface area contributed by atoms with Gasteiger partial charge in [0.2, 0.25) is 82.7 Å². The standard InChI is InChI=1S/C26H54N10O5.C23H46N8O6.C20H42N10O5.C19H38N8O6/c1-9-22(37)14-35(17-25(40)29-20-32(5)6)12-10-34(16-24(39)28-19-31(3)4)11-13-36(15-23(38)27-2)18-26(41)30-21-33(7)8;1-7-19(32)12-30(14-21(34)25-17-27(3)4)10-8-29(16-23(36)37)9-11-31(13-20(33)24-2)15-22(35)26-18-28(5)6;1-3-16(31)8-29(11-19(34)26-14-22)6-4-28(10-18(33)25-13-21)5-7-30(9-17(32)24-2)12-20(35)27-15-23;1-3-15(28)8-26(10-17(30)23-13-20)6-4-25(12-19(32)33)5-7-27(9-16(29)22-2)11-18(31)24-14-21/h9-21H2,1-8H3,(H,27,38)(H,28,39)(H,29,40)(H,30,41);7-18H2,1-6H3,(H,24,33)(H,25,34)(H,26,35)(H,36,37);3-15,21-23H2,1-2H3,(H,24,32)(H,25,33)(H,26,34)(H,27,35);3-14,20-21H2,1-2H3,(H,22,29)(H,23,30)(H,24,31)(H,32,33). The van der Waals surface area contributed by atoms with Crippen LogP contribution >= 0.6 is 0 Å². The fourth-order valence-corrected chi connectivity index (χ4v) is 12.4. The van der Waals surface area contributed by atoms with Crippen molar-refractivity contribution in [2.24, 2.45) is 28.7 Å². The summed E-state index contributed by atoms with van der Waals surface area (Å²) >= 11 is 0. The Labute approximate surface area is 861 Å². The molecule has 14 amide bonds. The van der Waals surface area contributed by atoms with Crippen LogP contribution in [-0.2, 0) is 95.9 Å². The minimum absolute atomic E-state index is 0.00453. The highest BCUT2D eigenvalue weighted by molar-refractivity contribution is 5.87. The number of likely N-dealkylation sites (N-methyl/N-ethyl adjacent to an activating group) is 4. The molecule has 0 aromatic rings. The molecular weight excluding hydrogens is 1910 g/mol. The van der Waals surface area contributed by atoms with Gasteiger partial charge in [0.05, 0.1) is 198 Å². The number of amides is 14. The van der Waals surface area contributed by atoms with E-state index in [9.17, 15) is 106 Å². The Kier molecular flexibility index (Phi) is 85.7. The summed E-state index contributed by atoms with van der Waals surface area (Å²) in [7, 11) is 24.3. The zero-order chi connectivity index (χ0) is 112. The summed E-state index contributed by atoms with van der Waals surface area (Å²) in [5, 5.41) is 55.2. The van der Waals surface area contributed by atoms with Gasteiger partial charge in [-0.15, -0.1) is 0 Å². The molecular formula is C88H180N36O22. The third-order valence-electron chi connectivity index (χ3n) is 20.5. The normalized spacial score (nSPS) is 11.3. The topological polar surface area (TPSA) is 735 Å². The predicted molar refractivity (Wildman–Crippen MR) is 549 cm³/mol. The first-order chi connectivity index (χ1) is 68.9. The molecule has 0 saturated heterocycles. The van der Waals surface area contributed by atoms with E-state index >= 15 is 0 Å². The lowest BCUT2D eigenvalue weighted by molar-refractivity contribution is -0.139. The molecule has 0 aliphatic carbocycles. The van der Waals surface area contributed by atoms with E-state index in [1.165, 1.54) is 28.2 Å². The number of aliphatic carboxylic acids is 2. The Morgan fingerprint density at radius 1 is 0.178 bits per heavy atom. The van der Waals surface area contributed by atoms with Gasteiger partial charge in [0.25, 0.3) is 0 Å². The van der Waals surface area contributed by atoms with Crippen LogP contribution in [0.1, 0.15) is 53.4 Å². The molecule has 0 aromatic carbocycles. The lowest BCUT2D eigenvalue weighted by Crippen LogP contribution is -2.49. The van der Waals surface area contributed by atoms with Crippen LogP contribution in [0.25, 0.3) is 0 Å². The first-order valence-electron chi connectivity index (χ1n) is 48.4. The number of carbonyl (C=O) groups excluding carboxylic acids is 18. The molecule has 0 aromatic heterocycles. The zero-order valence-electron chi connectivity index (χ0n) is 89.9. The molecule has 146 heavy (non-hydrogen) atoms. The molecule has 844 valence electrons. The van der Waals surface area contributed by atoms with Crippen molar-refractivity contribution >= 4 is 118 Å². The summed E-state index contributed by atoms with van der Waals surface area (Å²) in [6.07, 6.45) is 1.33. The van der Waals surface area contributed by atoms with E-state index in [2.05, 4.69) is 74.4 Å². The molecule has 26 N–H and O–H groups in total. The number of nitrogens with zero attached hydrogens (tertiary/aromatic N) is 17. The molecule has 0 unspecified atom stereocenters.